The maximum Gasteiger partial charge on any atom is 0.254 e. The molecule has 2 amide bonds. The minimum atomic E-state index is -0.903. The number of carbonyl (C=O) groups is 2. The Kier molecular flexibility index (Phi) is 7.38. The zero-order valence-corrected chi connectivity index (χ0v) is 13.4. The van der Waals surface area contributed by atoms with Crippen molar-refractivity contribution in [1.29, 1.82) is 0 Å². The van der Waals surface area contributed by atoms with E-state index in [0.29, 0.717) is 32.0 Å². The molecule has 0 spiro atoms. The van der Waals surface area contributed by atoms with Crippen LogP contribution in [0.3, 0.4) is 0 Å². The Morgan fingerprint density at radius 1 is 1.35 bits per heavy atom. The van der Waals surface area contributed by atoms with E-state index in [1.165, 1.54) is 0 Å². The van der Waals surface area contributed by atoms with Crippen LogP contribution in [0.2, 0.25) is 0 Å². The van der Waals surface area contributed by atoms with Crippen molar-refractivity contribution in [2.75, 3.05) is 19.6 Å². The fraction of sp³-hybridized carbons (Fsp3) is 0.467. The van der Waals surface area contributed by atoms with Gasteiger partial charge in [-0.2, -0.15) is 0 Å². The highest BCUT2D eigenvalue weighted by Crippen LogP contribution is 2.10. The van der Waals surface area contributed by atoms with Gasteiger partial charge in [-0.3, -0.25) is 9.59 Å². The second-order valence-corrected chi connectivity index (χ2v) is 5.37. The molecule has 1 aromatic rings. The van der Waals surface area contributed by atoms with Crippen LogP contribution in [0.4, 0.5) is 8.78 Å². The summed E-state index contributed by atoms with van der Waals surface area (Å²) in [4.78, 5) is 25.3. The van der Waals surface area contributed by atoms with Gasteiger partial charge in [0.05, 0.1) is 5.56 Å². The van der Waals surface area contributed by atoms with Crippen molar-refractivity contribution in [2.45, 2.75) is 25.3 Å². The summed E-state index contributed by atoms with van der Waals surface area (Å²) in [7, 11) is 0. The van der Waals surface area contributed by atoms with Crippen LogP contribution < -0.4 is 11.1 Å². The Hall–Kier alpha value is -1.73. The smallest absolute Gasteiger partial charge is 0.254 e. The van der Waals surface area contributed by atoms with E-state index in [-0.39, 0.29) is 36.5 Å². The SMILES string of the molecule is Cl.N[C@@H]1CCN(C(=O)CCCNC(=O)c2ccc(F)cc2F)C1. The van der Waals surface area contributed by atoms with Gasteiger partial charge < -0.3 is 16.0 Å². The van der Waals surface area contributed by atoms with E-state index in [4.69, 9.17) is 5.73 Å². The van der Waals surface area contributed by atoms with Crippen molar-refractivity contribution in [3.8, 4) is 0 Å². The number of hydrogen-bond donors (Lipinski definition) is 2. The molecule has 0 unspecified atom stereocenters. The average molecular weight is 348 g/mol. The Labute approximate surface area is 139 Å². The predicted octanol–water partition coefficient (Wildman–Crippen LogP) is 1.46. The summed E-state index contributed by atoms with van der Waals surface area (Å²) in [5.41, 5.74) is 5.52. The standard InChI is InChI=1S/C15H19F2N3O2.ClH/c16-10-3-4-12(13(17)8-10)15(22)19-6-1-2-14(21)20-7-5-11(18)9-20;/h3-4,8,11H,1-2,5-7,9,18H2,(H,19,22);1H/t11-;/m1./s1. The highest BCUT2D eigenvalue weighted by molar-refractivity contribution is 5.94. The van der Waals surface area contributed by atoms with Gasteiger partial charge in [-0.15, -0.1) is 12.4 Å². The summed E-state index contributed by atoms with van der Waals surface area (Å²) in [6.07, 6.45) is 1.57. The van der Waals surface area contributed by atoms with Crippen molar-refractivity contribution in [1.82, 2.24) is 10.2 Å². The largest absolute Gasteiger partial charge is 0.352 e. The third-order valence-electron chi connectivity index (χ3n) is 3.61. The minimum Gasteiger partial charge on any atom is -0.352 e. The molecule has 128 valence electrons. The first-order valence-corrected chi connectivity index (χ1v) is 7.24. The molecule has 3 N–H and O–H groups in total. The van der Waals surface area contributed by atoms with Crippen LogP contribution in [0.15, 0.2) is 18.2 Å². The Bertz CT molecular complexity index is 572. The lowest BCUT2D eigenvalue weighted by molar-refractivity contribution is -0.130. The molecule has 23 heavy (non-hydrogen) atoms. The van der Waals surface area contributed by atoms with E-state index >= 15 is 0 Å². The number of halogens is 3. The van der Waals surface area contributed by atoms with E-state index in [0.717, 1.165) is 18.6 Å². The molecule has 0 radical (unpaired) electrons. The van der Waals surface area contributed by atoms with Crippen LogP contribution in [0, 0.1) is 11.6 Å². The molecule has 2 rings (SSSR count). The number of nitrogens with two attached hydrogens (primary N) is 1. The fourth-order valence-electron chi connectivity index (χ4n) is 2.38. The molecular weight excluding hydrogens is 328 g/mol. The molecule has 0 bridgehead atoms. The van der Waals surface area contributed by atoms with Crippen LogP contribution in [0.25, 0.3) is 0 Å². The molecule has 0 aliphatic carbocycles. The number of hydrogen-bond acceptors (Lipinski definition) is 3. The molecular formula is C15H20ClF2N3O2. The molecule has 1 aliphatic rings. The van der Waals surface area contributed by atoms with E-state index in [1.54, 1.807) is 4.90 Å². The number of rotatable bonds is 5. The van der Waals surface area contributed by atoms with E-state index in [2.05, 4.69) is 5.32 Å². The zero-order chi connectivity index (χ0) is 16.1. The second-order valence-electron chi connectivity index (χ2n) is 5.37. The first-order valence-electron chi connectivity index (χ1n) is 7.24. The highest BCUT2D eigenvalue weighted by Gasteiger charge is 2.22. The first kappa shape index (κ1) is 19.3. The topological polar surface area (TPSA) is 75.4 Å². The molecule has 1 aromatic carbocycles. The molecule has 1 heterocycles. The van der Waals surface area contributed by atoms with Crippen molar-refractivity contribution in [3.05, 3.63) is 35.4 Å². The van der Waals surface area contributed by atoms with E-state index < -0.39 is 17.5 Å². The van der Waals surface area contributed by atoms with Gasteiger partial charge >= 0.3 is 0 Å². The summed E-state index contributed by atoms with van der Waals surface area (Å²) in [5.74, 6) is -2.24. The third kappa shape index (κ3) is 5.44. The van der Waals surface area contributed by atoms with Gasteiger partial charge in [-0.05, 0) is 25.0 Å². The van der Waals surface area contributed by atoms with Crippen LogP contribution in [-0.2, 0) is 4.79 Å². The Morgan fingerprint density at radius 2 is 2.09 bits per heavy atom. The lowest BCUT2D eigenvalue weighted by Gasteiger charge is -2.15. The molecule has 1 aliphatic heterocycles. The molecule has 8 heteroatoms. The minimum absolute atomic E-state index is 0. The van der Waals surface area contributed by atoms with Crippen molar-refractivity contribution in [2.24, 2.45) is 5.73 Å². The van der Waals surface area contributed by atoms with Crippen molar-refractivity contribution < 1.29 is 18.4 Å². The van der Waals surface area contributed by atoms with Gasteiger partial charge in [0.15, 0.2) is 0 Å². The predicted molar refractivity (Wildman–Crippen MR) is 84.3 cm³/mol. The third-order valence-corrected chi connectivity index (χ3v) is 3.61. The van der Waals surface area contributed by atoms with Crippen LogP contribution in [-0.4, -0.2) is 42.4 Å². The quantitative estimate of drug-likeness (QED) is 0.792. The van der Waals surface area contributed by atoms with Gasteiger partial charge in [-0.1, -0.05) is 0 Å². The summed E-state index contributed by atoms with van der Waals surface area (Å²) >= 11 is 0. The number of nitrogens with one attached hydrogen (secondary N) is 1. The molecule has 1 atom stereocenters. The lowest BCUT2D eigenvalue weighted by atomic mass is 10.2. The summed E-state index contributed by atoms with van der Waals surface area (Å²) in [6.45, 7) is 1.50. The number of amides is 2. The van der Waals surface area contributed by atoms with Crippen molar-refractivity contribution >= 4 is 24.2 Å². The number of benzene rings is 1. The summed E-state index contributed by atoms with van der Waals surface area (Å²) in [6, 6.07) is 2.83. The number of carbonyl (C=O) groups excluding carboxylic acids is 2. The molecule has 5 nitrogen and oxygen atoms in total. The molecule has 1 saturated heterocycles. The number of nitrogens with zero attached hydrogens (tertiary/aromatic N) is 1. The van der Waals surface area contributed by atoms with Crippen LogP contribution in [0.5, 0.6) is 0 Å². The highest BCUT2D eigenvalue weighted by atomic mass is 35.5. The van der Waals surface area contributed by atoms with Gasteiger partial charge in [-0.25, -0.2) is 8.78 Å². The fourth-order valence-corrected chi connectivity index (χ4v) is 2.38. The Balaban J connectivity index is 0.00000264. The molecule has 0 saturated carbocycles. The second kappa shape index (κ2) is 8.79. The summed E-state index contributed by atoms with van der Waals surface area (Å²) in [5, 5.41) is 2.52. The van der Waals surface area contributed by atoms with Gasteiger partial charge in [0, 0.05) is 38.2 Å². The van der Waals surface area contributed by atoms with E-state index in [9.17, 15) is 18.4 Å². The lowest BCUT2D eigenvalue weighted by Crippen LogP contribution is -2.32. The van der Waals surface area contributed by atoms with Gasteiger partial charge in [0.1, 0.15) is 11.6 Å². The average Bonchev–Trinajstić information content (AvgIpc) is 2.90. The van der Waals surface area contributed by atoms with E-state index in [1.807, 2.05) is 0 Å². The maximum absolute atomic E-state index is 13.4. The molecule has 0 aromatic heterocycles. The summed E-state index contributed by atoms with van der Waals surface area (Å²) < 4.78 is 26.2. The zero-order valence-electron chi connectivity index (χ0n) is 12.6. The van der Waals surface area contributed by atoms with Crippen LogP contribution >= 0.6 is 12.4 Å². The van der Waals surface area contributed by atoms with Crippen molar-refractivity contribution in [3.63, 3.8) is 0 Å². The normalized spacial score (nSPS) is 16.8. The Morgan fingerprint density at radius 3 is 2.70 bits per heavy atom. The van der Waals surface area contributed by atoms with Crippen LogP contribution in [0.1, 0.15) is 29.6 Å². The number of likely N-dealkylation sites (tertiary alicyclic amines) is 1. The monoisotopic (exact) mass is 347 g/mol. The van der Waals surface area contributed by atoms with Gasteiger partial charge in [0.25, 0.3) is 5.91 Å². The van der Waals surface area contributed by atoms with Gasteiger partial charge in [0.2, 0.25) is 5.91 Å². The molecule has 1 fully saturated rings. The maximum atomic E-state index is 13.4. The first-order chi connectivity index (χ1) is 10.5.